The van der Waals surface area contributed by atoms with E-state index in [9.17, 15) is 9.59 Å². The molecule has 3 amide bonds. The Kier molecular flexibility index (Phi) is 5.40. The van der Waals surface area contributed by atoms with E-state index in [1.54, 1.807) is 18.2 Å². The second-order valence-electron chi connectivity index (χ2n) is 3.86. The standard InChI is InChI=1S/C13H17N3O3/c1-3-6-15-13(18)16-12(17)8-19-11-5-4-10(14)7-9(11)2/h3-5,7H,1,6,8,14H2,2H3,(H2,15,16,17,18). The van der Waals surface area contributed by atoms with Gasteiger partial charge >= 0.3 is 6.03 Å². The van der Waals surface area contributed by atoms with Crippen LogP contribution in [0, 0.1) is 6.92 Å². The maximum absolute atomic E-state index is 11.4. The smallest absolute Gasteiger partial charge is 0.321 e. The number of nitrogens with two attached hydrogens (primary N) is 1. The van der Waals surface area contributed by atoms with Gasteiger partial charge in [0.1, 0.15) is 5.75 Å². The van der Waals surface area contributed by atoms with Crippen LogP contribution in [0.25, 0.3) is 0 Å². The van der Waals surface area contributed by atoms with Crippen molar-refractivity contribution in [2.45, 2.75) is 6.92 Å². The fraction of sp³-hybridized carbons (Fsp3) is 0.231. The predicted octanol–water partition coefficient (Wildman–Crippen LogP) is 0.968. The van der Waals surface area contributed by atoms with Crippen LogP contribution in [0.1, 0.15) is 5.56 Å². The lowest BCUT2D eigenvalue weighted by Crippen LogP contribution is -2.41. The topological polar surface area (TPSA) is 93.5 Å². The molecule has 4 N–H and O–H groups in total. The van der Waals surface area contributed by atoms with E-state index >= 15 is 0 Å². The van der Waals surface area contributed by atoms with Crippen molar-refractivity contribution in [2.24, 2.45) is 0 Å². The molecule has 0 spiro atoms. The Morgan fingerprint density at radius 1 is 1.47 bits per heavy atom. The number of nitrogens with one attached hydrogen (secondary N) is 2. The number of anilines is 1. The van der Waals surface area contributed by atoms with Gasteiger partial charge in [-0.2, -0.15) is 0 Å². The minimum absolute atomic E-state index is 0.244. The molecule has 0 saturated carbocycles. The van der Waals surface area contributed by atoms with Crippen molar-refractivity contribution in [1.29, 1.82) is 0 Å². The molecule has 1 aromatic rings. The maximum Gasteiger partial charge on any atom is 0.321 e. The van der Waals surface area contributed by atoms with E-state index in [1.807, 2.05) is 6.92 Å². The quantitative estimate of drug-likeness (QED) is 0.545. The van der Waals surface area contributed by atoms with E-state index in [4.69, 9.17) is 10.5 Å². The first-order valence-electron chi connectivity index (χ1n) is 5.70. The van der Waals surface area contributed by atoms with Crippen LogP contribution >= 0.6 is 0 Å². The van der Waals surface area contributed by atoms with Crippen molar-refractivity contribution in [2.75, 3.05) is 18.9 Å². The third kappa shape index (κ3) is 5.12. The van der Waals surface area contributed by atoms with E-state index < -0.39 is 11.9 Å². The fourth-order valence-electron chi connectivity index (χ4n) is 1.35. The van der Waals surface area contributed by atoms with Crippen LogP contribution < -0.4 is 21.1 Å². The van der Waals surface area contributed by atoms with Crippen LogP contribution in [0.4, 0.5) is 10.5 Å². The lowest BCUT2D eigenvalue weighted by atomic mass is 10.2. The molecular formula is C13H17N3O3. The summed E-state index contributed by atoms with van der Waals surface area (Å²) in [5.74, 6) is 0.0219. The number of imide groups is 1. The molecule has 19 heavy (non-hydrogen) atoms. The summed E-state index contributed by atoms with van der Waals surface area (Å²) in [6.07, 6.45) is 1.51. The van der Waals surface area contributed by atoms with E-state index in [0.717, 1.165) is 5.56 Å². The number of ether oxygens (including phenoxy) is 1. The molecular weight excluding hydrogens is 246 g/mol. The molecule has 0 saturated heterocycles. The molecule has 0 fully saturated rings. The first-order valence-corrected chi connectivity index (χ1v) is 5.70. The second kappa shape index (κ2) is 7.05. The highest BCUT2D eigenvalue weighted by atomic mass is 16.5. The van der Waals surface area contributed by atoms with E-state index in [-0.39, 0.29) is 13.2 Å². The number of carbonyl (C=O) groups excluding carboxylic acids is 2. The molecule has 0 bridgehead atoms. The summed E-state index contributed by atoms with van der Waals surface area (Å²) in [4.78, 5) is 22.6. The third-order valence-corrected chi connectivity index (χ3v) is 2.22. The van der Waals surface area contributed by atoms with Gasteiger partial charge in [-0.05, 0) is 30.7 Å². The summed E-state index contributed by atoms with van der Waals surface area (Å²) in [7, 11) is 0. The minimum Gasteiger partial charge on any atom is -0.483 e. The van der Waals surface area contributed by atoms with E-state index in [0.29, 0.717) is 11.4 Å². The Bertz CT molecular complexity index is 486. The summed E-state index contributed by atoms with van der Waals surface area (Å²) in [6, 6.07) is 4.51. The van der Waals surface area contributed by atoms with Crippen LogP contribution in [0.5, 0.6) is 5.75 Å². The normalized spacial score (nSPS) is 9.53. The molecule has 0 aliphatic heterocycles. The summed E-state index contributed by atoms with van der Waals surface area (Å²) in [6.45, 7) is 5.31. The average Bonchev–Trinajstić information content (AvgIpc) is 2.35. The molecule has 102 valence electrons. The number of nitrogen functional groups attached to an aromatic ring is 1. The first-order chi connectivity index (χ1) is 9.02. The molecule has 6 nitrogen and oxygen atoms in total. The van der Waals surface area contributed by atoms with Gasteiger partial charge in [0.2, 0.25) is 0 Å². The number of rotatable bonds is 5. The Morgan fingerprint density at radius 3 is 2.84 bits per heavy atom. The van der Waals surface area contributed by atoms with Gasteiger partial charge in [0.05, 0.1) is 0 Å². The van der Waals surface area contributed by atoms with Crippen molar-refractivity contribution in [3.63, 3.8) is 0 Å². The zero-order valence-electron chi connectivity index (χ0n) is 10.7. The maximum atomic E-state index is 11.4. The van der Waals surface area contributed by atoms with Crippen molar-refractivity contribution in [1.82, 2.24) is 10.6 Å². The number of carbonyl (C=O) groups is 2. The second-order valence-corrected chi connectivity index (χ2v) is 3.86. The summed E-state index contributed by atoms with van der Waals surface area (Å²) >= 11 is 0. The van der Waals surface area contributed by atoms with Gasteiger partial charge in [-0.15, -0.1) is 6.58 Å². The summed E-state index contributed by atoms with van der Waals surface area (Å²) in [5, 5.41) is 4.55. The zero-order valence-corrected chi connectivity index (χ0v) is 10.7. The number of urea groups is 1. The number of benzene rings is 1. The van der Waals surface area contributed by atoms with Crippen LogP contribution in [0.3, 0.4) is 0 Å². The first kappa shape index (κ1) is 14.6. The molecule has 1 rings (SSSR count). The van der Waals surface area contributed by atoms with Gasteiger partial charge in [-0.3, -0.25) is 10.1 Å². The van der Waals surface area contributed by atoms with Crippen LogP contribution in [-0.4, -0.2) is 25.1 Å². The monoisotopic (exact) mass is 263 g/mol. The van der Waals surface area contributed by atoms with Crippen molar-refractivity contribution < 1.29 is 14.3 Å². The average molecular weight is 263 g/mol. The SMILES string of the molecule is C=CCNC(=O)NC(=O)COc1ccc(N)cc1C. The summed E-state index contributed by atoms with van der Waals surface area (Å²) in [5.41, 5.74) is 7.05. The number of hydrogen-bond donors (Lipinski definition) is 3. The van der Waals surface area contributed by atoms with Gasteiger partial charge in [-0.1, -0.05) is 6.08 Å². The van der Waals surface area contributed by atoms with Crippen LogP contribution in [0.15, 0.2) is 30.9 Å². The highest BCUT2D eigenvalue weighted by Gasteiger charge is 2.08. The zero-order chi connectivity index (χ0) is 14.3. The lowest BCUT2D eigenvalue weighted by molar-refractivity contribution is -0.122. The van der Waals surface area contributed by atoms with Gasteiger partial charge in [0.25, 0.3) is 5.91 Å². The Balaban J connectivity index is 2.41. The Hall–Kier alpha value is -2.50. The van der Waals surface area contributed by atoms with Gasteiger partial charge in [0, 0.05) is 12.2 Å². The van der Waals surface area contributed by atoms with Crippen LogP contribution in [-0.2, 0) is 4.79 Å². The van der Waals surface area contributed by atoms with E-state index in [1.165, 1.54) is 6.08 Å². The van der Waals surface area contributed by atoms with Gasteiger partial charge in [-0.25, -0.2) is 4.79 Å². The van der Waals surface area contributed by atoms with Gasteiger partial charge < -0.3 is 15.8 Å². The molecule has 0 unspecified atom stereocenters. The molecule has 0 heterocycles. The Morgan fingerprint density at radius 2 is 2.21 bits per heavy atom. The highest BCUT2D eigenvalue weighted by Crippen LogP contribution is 2.19. The number of amides is 3. The van der Waals surface area contributed by atoms with Crippen molar-refractivity contribution in [3.05, 3.63) is 36.4 Å². The highest BCUT2D eigenvalue weighted by molar-refractivity contribution is 5.95. The minimum atomic E-state index is -0.581. The molecule has 0 atom stereocenters. The lowest BCUT2D eigenvalue weighted by Gasteiger charge is -2.09. The largest absolute Gasteiger partial charge is 0.483 e. The molecule has 6 heteroatoms. The number of hydrogen-bond acceptors (Lipinski definition) is 4. The van der Waals surface area contributed by atoms with Gasteiger partial charge in [0.15, 0.2) is 6.61 Å². The predicted molar refractivity (Wildman–Crippen MR) is 72.8 cm³/mol. The molecule has 0 aliphatic rings. The number of aryl methyl sites for hydroxylation is 1. The molecule has 1 aromatic carbocycles. The Labute approximate surface area is 111 Å². The molecule has 0 aliphatic carbocycles. The van der Waals surface area contributed by atoms with Crippen LogP contribution in [0.2, 0.25) is 0 Å². The van der Waals surface area contributed by atoms with E-state index in [2.05, 4.69) is 17.2 Å². The summed E-state index contributed by atoms with van der Waals surface area (Å²) < 4.78 is 5.29. The fourth-order valence-corrected chi connectivity index (χ4v) is 1.35. The van der Waals surface area contributed by atoms with Crippen molar-refractivity contribution in [3.8, 4) is 5.75 Å². The third-order valence-electron chi connectivity index (χ3n) is 2.22. The van der Waals surface area contributed by atoms with Crippen molar-refractivity contribution >= 4 is 17.6 Å². The molecule has 0 radical (unpaired) electrons. The molecule has 0 aromatic heterocycles.